The number of rotatable bonds is 1. The molecule has 0 radical (unpaired) electrons. The van der Waals surface area contributed by atoms with E-state index in [-0.39, 0.29) is 5.43 Å². The van der Waals surface area contributed by atoms with E-state index in [0.29, 0.717) is 11.0 Å². The predicted octanol–water partition coefficient (Wildman–Crippen LogP) is 2.39. The van der Waals surface area contributed by atoms with E-state index in [2.05, 4.69) is 4.90 Å². The first kappa shape index (κ1) is 9.46. The molecular formula is C13H13NO2. The summed E-state index contributed by atoms with van der Waals surface area (Å²) in [6, 6.07) is 7.31. The van der Waals surface area contributed by atoms with Crippen LogP contribution in [0, 0.1) is 0 Å². The van der Waals surface area contributed by atoms with Crippen LogP contribution in [-0.4, -0.2) is 13.1 Å². The second-order valence-electron chi connectivity index (χ2n) is 4.16. The van der Waals surface area contributed by atoms with Gasteiger partial charge in [-0.3, -0.25) is 4.79 Å². The van der Waals surface area contributed by atoms with Gasteiger partial charge in [-0.2, -0.15) is 0 Å². The Morgan fingerprint density at radius 3 is 2.75 bits per heavy atom. The van der Waals surface area contributed by atoms with Crippen LogP contribution in [-0.2, 0) is 0 Å². The highest BCUT2D eigenvalue weighted by Gasteiger charge is 2.13. The molecule has 0 aliphatic carbocycles. The molecule has 0 N–H and O–H groups in total. The Hall–Kier alpha value is -1.77. The second kappa shape index (κ2) is 3.67. The highest BCUT2D eigenvalue weighted by atomic mass is 16.3. The van der Waals surface area contributed by atoms with Crippen molar-refractivity contribution in [3.63, 3.8) is 0 Å². The molecule has 1 aromatic carbocycles. The molecule has 3 rings (SSSR count). The van der Waals surface area contributed by atoms with E-state index in [4.69, 9.17) is 4.42 Å². The van der Waals surface area contributed by atoms with Gasteiger partial charge in [-0.1, -0.05) is 0 Å². The molecule has 3 nitrogen and oxygen atoms in total. The smallest absolute Gasteiger partial charge is 0.192 e. The van der Waals surface area contributed by atoms with Crippen LogP contribution < -0.4 is 10.3 Å². The third-order valence-electron chi connectivity index (χ3n) is 3.11. The maximum Gasteiger partial charge on any atom is 0.192 e. The number of hydrogen-bond donors (Lipinski definition) is 0. The van der Waals surface area contributed by atoms with Crippen LogP contribution in [0.25, 0.3) is 11.0 Å². The van der Waals surface area contributed by atoms with Crippen LogP contribution in [0.5, 0.6) is 0 Å². The molecule has 0 atom stereocenters. The minimum atomic E-state index is 0.0299. The second-order valence-corrected chi connectivity index (χ2v) is 4.16. The van der Waals surface area contributed by atoms with Crippen molar-refractivity contribution in [2.45, 2.75) is 12.8 Å². The molecule has 1 aromatic heterocycles. The van der Waals surface area contributed by atoms with Gasteiger partial charge in [0.2, 0.25) is 0 Å². The lowest BCUT2D eigenvalue weighted by Crippen LogP contribution is -2.17. The highest BCUT2D eigenvalue weighted by molar-refractivity contribution is 5.80. The molecule has 0 saturated carbocycles. The molecule has 16 heavy (non-hydrogen) atoms. The summed E-state index contributed by atoms with van der Waals surface area (Å²) in [5.74, 6) is 0. The Balaban J connectivity index is 2.14. The Morgan fingerprint density at radius 1 is 1.12 bits per heavy atom. The normalized spacial score (nSPS) is 15.9. The van der Waals surface area contributed by atoms with Crippen LogP contribution in [0.15, 0.2) is 39.7 Å². The SMILES string of the molecule is O=c1ccoc2ccc(N3CCCC3)cc12. The van der Waals surface area contributed by atoms with Crippen molar-refractivity contribution in [1.29, 1.82) is 0 Å². The fourth-order valence-corrected chi connectivity index (χ4v) is 2.24. The Labute approximate surface area is 93.3 Å². The summed E-state index contributed by atoms with van der Waals surface area (Å²) in [7, 11) is 0. The molecule has 0 unspecified atom stereocenters. The van der Waals surface area contributed by atoms with E-state index in [0.717, 1.165) is 18.8 Å². The molecule has 1 aliphatic rings. The molecule has 1 fully saturated rings. The first-order chi connectivity index (χ1) is 7.84. The number of benzene rings is 1. The molecular weight excluding hydrogens is 202 g/mol. The van der Waals surface area contributed by atoms with Crippen LogP contribution in [0.3, 0.4) is 0 Å². The molecule has 2 heterocycles. The average molecular weight is 215 g/mol. The minimum absolute atomic E-state index is 0.0299. The molecule has 1 saturated heterocycles. The Morgan fingerprint density at radius 2 is 1.94 bits per heavy atom. The maximum absolute atomic E-state index is 11.7. The van der Waals surface area contributed by atoms with Gasteiger partial charge in [0.15, 0.2) is 5.43 Å². The topological polar surface area (TPSA) is 33.5 Å². The number of nitrogens with zero attached hydrogens (tertiary/aromatic N) is 1. The number of fused-ring (bicyclic) bond motifs is 1. The highest BCUT2D eigenvalue weighted by Crippen LogP contribution is 2.23. The monoisotopic (exact) mass is 215 g/mol. The average Bonchev–Trinajstić information content (AvgIpc) is 2.83. The van der Waals surface area contributed by atoms with E-state index < -0.39 is 0 Å². The summed E-state index contributed by atoms with van der Waals surface area (Å²) in [6.07, 6.45) is 3.92. The zero-order valence-electron chi connectivity index (χ0n) is 8.98. The van der Waals surface area contributed by atoms with Crippen LogP contribution in [0.1, 0.15) is 12.8 Å². The zero-order chi connectivity index (χ0) is 11.0. The Kier molecular flexibility index (Phi) is 2.17. The molecule has 0 amide bonds. The third-order valence-corrected chi connectivity index (χ3v) is 3.11. The quantitative estimate of drug-likeness (QED) is 0.732. The van der Waals surface area contributed by atoms with Crippen molar-refractivity contribution in [2.75, 3.05) is 18.0 Å². The number of anilines is 1. The van der Waals surface area contributed by atoms with Gasteiger partial charge in [0.05, 0.1) is 11.6 Å². The van der Waals surface area contributed by atoms with Gasteiger partial charge in [-0.15, -0.1) is 0 Å². The van der Waals surface area contributed by atoms with Gasteiger partial charge < -0.3 is 9.32 Å². The molecule has 1 aliphatic heterocycles. The fourth-order valence-electron chi connectivity index (χ4n) is 2.24. The van der Waals surface area contributed by atoms with Gasteiger partial charge in [0.1, 0.15) is 5.58 Å². The first-order valence-electron chi connectivity index (χ1n) is 5.61. The van der Waals surface area contributed by atoms with E-state index in [9.17, 15) is 4.79 Å². The third kappa shape index (κ3) is 1.48. The van der Waals surface area contributed by atoms with Crippen LogP contribution in [0.2, 0.25) is 0 Å². The summed E-state index contributed by atoms with van der Waals surface area (Å²) >= 11 is 0. The molecule has 2 aromatic rings. The summed E-state index contributed by atoms with van der Waals surface area (Å²) in [4.78, 5) is 14.0. The van der Waals surface area contributed by atoms with E-state index in [1.807, 2.05) is 18.2 Å². The largest absolute Gasteiger partial charge is 0.464 e. The molecule has 82 valence electrons. The lowest BCUT2D eigenvalue weighted by molar-refractivity contribution is 0.602. The molecule has 0 spiro atoms. The number of hydrogen-bond acceptors (Lipinski definition) is 3. The van der Waals surface area contributed by atoms with Crippen molar-refractivity contribution in [3.8, 4) is 0 Å². The van der Waals surface area contributed by atoms with Crippen molar-refractivity contribution >= 4 is 16.7 Å². The summed E-state index contributed by atoms with van der Waals surface area (Å²) < 4.78 is 5.29. The minimum Gasteiger partial charge on any atom is -0.464 e. The van der Waals surface area contributed by atoms with Gasteiger partial charge in [0.25, 0.3) is 0 Å². The molecule has 0 bridgehead atoms. The van der Waals surface area contributed by atoms with Gasteiger partial charge in [0, 0.05) is 24.8 Å². The van der Waals surface area contributed by atoms with Crippen molar-refractivity contribution in [1.82, 2.24) is 0 Å². The summed E-state index contributed by atoms with van der Waals surface area (Å²) in [5.41, 5.74) is 1.82. The van der Waals surface area contributed by atoms with Gasteiger partial charge in [-0.05, 0) is 31.0 Å². The lowest BCUT2D eigenvalue weighted by atomic mass is 10.2. The van der Waals surface area contributed by atoms with Crippen molar-refractivity contribution < 1.29 is 4.42 Å². The van der Waals surface area contributed by atoms with E-state index in [1.165, 1.54) is 25.2 Å². The fraction of sp³-hybridized carbons (Fsp3) is 0.308. The maximum atomic E-state index is 11.7. The first-order valence-corrected chi connectivity index (χ1v) is 5.61. The molecule has 3 heteroatoms. The summed E-state index contributed by atoms with van der Waals surface area (Å²) in [5, 5.41) is 0.673. The summed E-state index contributed by atoms with van der Waals surface area (Å²) in [6.45, 7) is 2.17. The van der Waals surface area contributed by atoms with E-state index >= 15 is 0 Å². The van der Waals surface area contributed by atoms with Crippen molar-refractivity contribution in [3.05, 3.63) is 40.8 Å². The zero-order valence-corrected chi connectivity index (χ0v) is 8.98. The van der Waals surface area contributed by atoms with Gasteiger partial charge >= 0.3 is 0 Å². The standard InChI is InChI=1S/C13H13NO2/c15-12-5-8-16-13-4-3-10(9-11(12)13)14-6-1-2-7-14/h3-5,8-9H,1-2,6-7H2. The van der Waals surface area contributed by atoms with Crippen LogP contribution in [0.4, 0.5) is 5.69 Å². The Bertz CT molecular complexity index is 567. The van der Waals surface area contributed by atoms with Crippen molar-refractivity contribution in [2.24, 2.45) is 0 Å². The van der Waals surface area contributed by atoms with Gasteiger partial charge in [-0.25, -0.2) is 0 Å². The predicted molar refractivity (Wildman–Crippen MR) is 63.9 cm³/mol. The van der Waals surface area contributed by atoms with Crippen LogP contribution >= 0.6 is 0 Å². The lowest BCUT2D eigenvalue weighted by Gasteiger charge is -2.17. The van der Waals surface area contributed by atoms with E-state index in [1.54, 1.807) is 0 Å².